The number of hydrogen-bond donors (Lipinski definition) is 1. The predicted molar refractivity (Wildman–Crippen MR) is 41.3 cm³/mol. The van der Waals surface area contributed by atoms with Crippen LogP contribution in [0.2, 0.25) is 0 Å². The minimum absolute atomic E-state index is 0.370. The Balaban J connectivity index is 2.33. The summed E-state index contributed by atoms with van der Waals surface area (Å²) in [6.07, 6.45) is 1.25. The molecule has 1 aliphatic heterocycles. The highest BCUT2D eigenvalue weighted by atomic mass is 16.5. The van der Waals surface area contributed by atoms with E-state index in [2.05, 4.69) is 16.3 Å². The van der Waals surface area contributed by atoms with Gasteiger partial charge in [-0.15, -0.1) is 0 Å². The van der Waals surface area contributed by atoms with E-state index in [0.717, 1.165) is 30.0 Å². The maximum absolute atomic E-state index is 8.49. The summed E-state index contributed by atoms with van der Waals surface area (Å²) in [7, 11) is 0. The molecule has 12 heavy (non-hydrogen) atoms. The fourth-order valence-corrected chi connectivity index (χ4v) is 1.39. The van der Waals surface area contributed by atoms with Crippen LogP contribution in [0.5, 0.6) is 0 Å². The Kier molecular flexibility index (Phi) is 1.80. The van der Waals surface area contributed by atoms with Gasteiger partial charge in [0.2, 0.25) is 0 Å². The van der Waals surface area contributed by atoms with Crippen molar-refractivity contribution in [2.45, 2.75) is 19.4 Å². The first-order chi connectivity index (χ1) is 5.92. The quantitative estimate of drug-likeness (QED) is 0.657. The van der Waals surface area contributed by atoms with Gasteiger partial charge >= 0.3 is 0 Å². The Labute approximate surface area is 70.2 Å². The van der Waals surface area contributed by atoms with Crippen molar-refractivity contribution in [2.24, 2.45) is 0 Å². The van der Waals surface area contributed by atoms with Crippen molar-refractivity contribution in [3.05, 3.63) is 17.0 Å². The Bertz CT molecular complexity index is 324. The summed E-state index contributed by atoms with van der Waals surface area (Å²) in [5.74, 6) is 0. The Morgan fingerprint density at radius 3 is 3.42 bits per heavy atom. The normalized spacial score (nSPS) is 15.2. The highest BCUT2D eigenvalue weighted by Crippen LogP contribution is 2.17. The van der Waals surface area contributed by atoms with E-state index in [9.17, 15) is 0 Å². The van der Waals surface area contributed by atoms with Gasteiger partial charge in [0.05, 0.1) is 31.4 Å². The Morgan fingerprint density at radius 2 is 2.58 bits per heavy atom. The lowest BCUT2D eigenvalue weighted by molar-refractivity contribution is 0.109. The zero-order valence-corrected chi connectivity index (χ0v) is 6.63. The van der Waals surface area contributed by atoms with Crippen molar-refractivity contribution >= 4 is 0 Å². The number of ether oxygens (including phenoxy) is 1. The molecule has 2 heterocycles. The average molecular weight is 163 g/mol. The molecule has 0 aromatic carbocycles. The van der Waals surface area contributed by atoms with Crippen LogP contribution in [0, 0.1) is 11.3 Å². The average Bonchev–Trinajstić information content (AvgIpc) is 2.50. The molecule has 1 aromatic rings. The molecule has 0 spiro atoms. The first-order valence-electron chi connectivity index (χ1n) is 3.91. The number of H-pyrrole nitrogens is 1. The number of nitrogens with one attached hydrogen (secondary N) is 1. The maximum atomic E-state index is 8.49. The monoisotopic (exact) mass is 163 g/mol. The van der Waals surface area contributed by atoms with Crippen molar-refractivity contribution in [3.63, 3.8) is 0 Å². The second kappa shape index (κ2) is 2.95. The molecule has 4 heteroatoms. The van der Waals surface area contributed by atoms with Crippen molar-refractivity contribution in [1.82, 2.24) is 10.2 Å². The van der Waals surface area contributed by atoms with E-state index in [1.807, 2.05) is 0 Å². The van der Waals surface area contributed by atoms with Crippen LogP contribution in [0.25, 0.3) is 0 Å². The zero-order valence-electron chi connectivity index (χ0n) is 6.63. The van der Waals surface area contributed by atoms with Gasteiger partial charge < -0.3 is 4.74 Å². The van der Waals surface area contributed by atoms with E-state index in [4.69, 9.17) is 10.00 Å². The van der Waals surface area contributed by atoms with E-state index >= 15 is 0 Å². The predicted octanol–water partition coefficient (Wildman–Crippen LogP) is 0.548. The maximum Gasteiger partial charge on any atom is 0.0820 e. The van der Waals surface area contributed by atoms with Gasteiger partial charge in [-0.25, -0.2) is 0 Å². The molecule has 0 atom stereocenters. The summed E-state index contributed by atoms with van der Waals surface area (Å²) in [4.78, 5) is 0. The smallest absolute Gasteiger partial charge is 0.0820 e. The minimum Gasteiger partial charge on any atom is -0.376 e. The third kappa shape index (κ3) is 1.08. The van der Waals surface area contributed by atoms with Gasteiger partial charge in [0, 0.05) is 17.7 Å². The van der Waals surface area contributed by atoms with Crippen LogP contribution >= 0.6 is 0 Å². The summed E-state index contributed by atoms with van der Waals surface area (Å²) < 4.78 is 5.27. The van der Waals surface area contributed by atoms with E-state index < -0.39 is 0 Å². The number of fused-ring (bicyclic) bond motifs is 1. The van der Waals surface area contributed by atoms with Crippen molar-refractivity contribution in [3.8, 4) is 6.07 Å². The molecule has 0 saturated carbocycles. The van der Waals surface area contributed by atoms with Crippen LogP contribution in [0.15, 0.2) is 0 Å². The van der Waals surface area contributed by atoms with E-state index in [0.29, 0.717) is 13.0 Å². The molecule has 1 aliphatic rings. The number of nitrogens with zero attached hydrogens (tertiary/aromatic N) is 2. The first-order valence-corrected chi connectivity index (χ1v) is 3.91. The van der Waals surface area contributed by atoms with Gasteiger partial charge in [0.25, 0.3) is 0 Å². The zero-order chi connectivity index (χ0) is 8.39. The van der Waals surface area contributed by atoms with Crippen LogP contribution in [0.4, 0.5) is 0 Å². The topological polar surface area (TPSA) is 61.7 Å². The lowest BCUT2D eigenvalue weighted by Gasteiger charge is -2.11. The molecular formula is C8H9N3O. The van der Waals surface area contributed by atoms with Gasteiger partial charge in [-0.05, 0) is 0 Å². The molecule has 0 aliphatic carbocycles. The van der Waals surface area contributed by atoms with Crippen molar-refractivity contribution in [2.75, 3.05) is 6.61 Å². The highest BCUT2D eigenvalue weighted by molar-refractivity contribution is 5.27. The summed E-state index contributed by atoms with van der Waals surface area (Å²) in [6.45, 7) is 1.35. The van der Waals surface area contributed by atoms with E-state index in [1.54, 1.807) is 0 Å². The van der Waals surface area contributed by atoms with E-state index in [1.165, 1.54) is 0 Å². The van der Waals surface area contributed by atoms with Crippen LogP contribution < -0.4 is 0 Å². The number of rotatable bonds is 1. The minimum atomic E-state index is 0.370. The van der Waals surface area contributed by atoms with Crippen LogP contribution in [0.1, 0.15) is 17.0 Å². The van der Waals surface area contributed by atoms with Gasteiger partial charge in [-0.3, -0.25) is 5.10 Å². The third-order valence-electron chi connectivity index (χ3n) is 2.03. The van der Waals surface area contributed by atoms with Crippen LogP contribution in [-0.2, 0) is 24.2 Å². The molecule has 62 valence electrons. The molecule has 0 fully saturated rings. The molecule has 0 amide bonds. The third-order valence-corrected chi connectivity index (χ3v) is 2.03. The lowest BCUT2D eigenvalue weighted by Crippen LogP contribution is -2.09. The Morgan fingerprint density at radius 1 is 1.67 bits per heavy atom. The van der Waals surface area contributed by atoms with Gasteiger partial charge in [-0.1, -0.05) is 0 Å². The van der Waals surface area contributed by atoms with Gasteiger partial charge in [0.15, 0.2) is 0 Å². The lowest BCUT2D eigenvalue weighted by atomic mass is 10.1. The fraction of sp³-hybridized carbons (Fsp3) is 0.500. The van der Waals surface area contributed by atoms with Gasteiger partial charge in [0.1, 0.15) is 0 Å². The molecule has 2 rings (SSSR count). The molecule has 0 radical (unpaired) electrons. The van der Waals surface area contributed by atoms with Crippen molar-refractivity contribution in [1.29, 1.82) is 5.26 Å². The standard InChI is InChI=1S/C8H9N3O/c9-3-1-7-6-5-12-4-2-8(6)11-10-7/h1-2,4-5H2,(H,10,11). The molecule has 0 bridgehead atoms. The van der Waals surface area contributed by atoms with Crippen LogP contribution in [0.3, 0.4) is 0 Å². The largest absolute Gasteiger partial charge is 0.376 e. The van der Waals surface area contributed by atoms with Crippen molar-refractivity contribution < 1.29 is 4.74 Å². The summed E-state index contributed by atoms with van der Waals surface area (Å²) in [6, 6.07) is 2.08. The van der Waals surface area contributed by atoms with Gasteiger partial charge in [-0.2, -0.15) is 10.4 Å². The summed E-state index contributed by atoms with van der Waals surface area (Å²) in [5.41, 5.74) is 3.06. The first kappa shape index (κ1) is 7.32. The van der Waals surface area contributed by atoms with Crippen LogP contribution in [-0.4, -0.2) is 16.8 Å². The summed E-state index contributed by atoms with van der Waals surface area (Å²) in [5, 5.41) is 15.5. The number of hydrogen-bond acceptors (Lipinski definition) is 3. The SMILES string of the molecule is N#CCc1n[nH]c2c1COCC2. The molecular weight excluding hydrogens is 154 g/mol. The molecule has 1 N–H and O–H groups in total. The summed E-state index contributed by atoms with van der Waals surface area (Å²) >= 11 is 0. The molecule has 1 aromatic heterocycles. The van der Waals surface area contributed by atoms with E-state index in [-0.39, 0.29) is 0 Å². The molecule has 0 unspecified atom stereocenters. The number of nitriles is 1. The second-order valence-electron chi connectivity index (χ2n) is 2.76. The Hall–Kier alpha value is -1.34. The number of aromatic amines is 1. The molecule has 0 saturated heterocycles. The fourth-order valence-electron chi connectivity index (χ4n) is 1.39. The second-order valence-corrected chi connectivity index (χ2v) is 2.76. The molecule has 4 nitrogen and oxygen atoms in total. The number of aromatic nitrogens is 2. The highest BCUT2D eigenvalue weighted by Gasteiger charge is 2.16.